The molecule has 96 valence electrons. The average Bonchev–Trinajstić information content (AvgIpc) is 2.43. The van der Waals surface area contributed by atoms with Gasteiger partial charge in [0, 0.05) is 4.90 Å². The van der Waals surface area contributed by atoms with Gasteiger partial charge in [-0.05, 0) is 30.5 Å². The Balaban J connectivity index is 2.44. The zero-order valence-electron chi connectivity index (χ0n) is 9.98. The van der Waals surface area contributed by atoms with Gasteiger partial charge in [-0.25, -0.2) is 4.39 Å². The van der Waals surface area contributed by atoms with Crippen molar-refractivity contribution in [3.8, 4) is 17.6 Å². The van der Waals surface area contributed by atoms with Crippen LogP contribution in [0, 0.1) is 23.0 Å². The molecule has 0 aromatic heterocycles. The van der Waals surface area contributed by atoms with E-state index in [0.717, 1.165) is 11.0 Å². The maximum absolute atomic E-state index is 13.5. The summed E-state index contributed by atoms with van der Waals surface area (Å²) in [5.41, 5.74) is 0.304. The van der Waals surface area contributed by atoms with E-state index in [4.69, 9.17) is 10.00 Å². The van der Waals surface area contributed by atoms with Crippen molar-refractivity contribution >= 4 is 11.8 Å². The van der Waals surface area contributed by atoms with Crippen LogP contribution in [0.15, 0.2) is 41.3 Å². The Kier molecular flexibility index (Phi) is 4.03. The van der Waals surface area contributed by atoms with Crippen molar-refractivity contribution in [1.29, 1.82) is 5.26 Å². The third-order valence-electron chi connectivity index (χ3n) is 2.46. The summed E-state index contributed by atoms with van der Waals surface area (Å²) in [6.07, 6.45) is 1.82. The van der Waals surface area contributed by atoms with Crippen LogP contribution in [0.1, 0.15) is 5.56 Å². The highest BCUT2D eigenvalue weighted by Crippen LogP contribution is 2.32. The van der Waals surface area contributed by atoms with Gasteiger partial charge >= 0.3 is 0 Å². The maximum Gasteiger partial charge on any atom is 0.201 e. The van der Waals surface area contributed by atoms with Crippen molar-refractivity contribution in [3.63, 3.8) is 0 Å². The fourth-order valence-corrected chi connectivity index (χ4v) is 2.12. The van der Waals surface area contributed by atoms with Crippen molar-refractivity contribution in [3.05, 3.63) is 53.6 Å². The third-order valence-corrected chi connectivity index (χ3v) is 3.24. The second-order valence-electron chi connectivity index (χ2n) is 3.60. The highest BCUT2D eigenvalue weighted by molar-refractivity contribution is 7.98. The van der Waals surface area contributed by atoms with E-state index in [0.29, 0.717) is 5.56 Å². The highest BCUT2D eigenvalue weighted by Gasteiger charge is 2.13. The fraction of sp³-hybridized carbons (Fsp3) is 0.0714. The standard InChI is InChI=1S/C14H9F2NOS/c1-19-13-7-3-5-11(9(13)8-17)18-12-6-2-4-10(15)14(12)16/h2-7H,1H3. The average molecular weight is 277 g/mol. The van der Waals surface area contributed by atoms with Crippen LogP contribution in [0.2, 0.25) is 0 Å². The van der Waals surface area contributed by atoms with E-state index in [2.05, 4.69) is 0 Å². The molecule has 0 amide bonds. The van der Waals surface area contributed by atoms with E-state index in [-0.39, 0.29) is 11.5 Å². The largest absolute Gasteiger partial charge is 0.453 e. The number of nitrogens with zero attached hydrogens (tertiary/aromatic N) is 1. The van der Waals surface area contributed by atoms with Crippen LogP contribution in [0.3, 0.4) is 0 Å². The minimum absolute atomic E-state index is 0.207. The molecule has 0 aliphatic rings. The number of halogens is 2. The van der Waals surface area contributed by atoms with Gasteiger partial charge < -0.3 is 4.74 Å². The maximum atomic E-state index is 13.5. The molecule has 0 N–H and O–H groups in total. The lowest BCUT2D eigenvalue weighted by Gasteiger charge is -2.10. The van der Waals surface area contributed by atoms with Gasteiger partial charge in [0.05, 0.1) is 0 Å². The molecular formula is C14H9F2NOS. The van der Waals surface area contributed by atoms with Gasteiger partial charge in [0.1, 0.15) is 17.4 Å². The number of rotatable bonds is 3. The van der Waals surface area contributed by atoms with Crippen molar-refractivity contribution < 1.29 is 13.5 Å². The smallest absolute Gasteiger partial charge is 0.201 e. The number of nitriles is 1. The molecule has 2 nitrogen and oxygen atoms in total. The Labute approximate surface area is 113 Å². The lowest BCUT2D eigenvalue weighted by molar-refractivity contribution is 0.414. The fourth-order valence-electron chi connectivity index (χ4n) is 1.56. The molecule has 0 aliphatic heterocycles. The summed E-state index contributed by atoms with van der Waals surface area (Å²) in [6, 6.07) is 10.7. The first-order chi connectivity index (χ1) is 9.17. The van der Waals surface area contributed by atoms with E-state index in [1.54, 1.807) is 18.2 Å². The molecule has 0 radical (unpaired) electrons. The van der Waals surface area contributed by atoms with E-state index in [9.17, 15) is 8.78 Å². The molecule has 5 heteroatoms. The molecule has 0 saturated heterocycles. The number of thioether (sulfide) groups is 1. The van der Waals surface area contributed by atoms with Gasteiger partial charge in [-0.1, -0.05) is 12.1 Å². The quantitative estimate of drug-likeness (QED) is 0.782. The monoisotopic (exact) mass is 277 g/mol. The molecule has 0 saturated carbocycles. The molecule has 19 heavy (non-hydrogen) atoms. The zero-order chi connectivity index (χ0) is 13.8. The van der Waals surface area contributed by atoms with Crippen molar-refractivity contribution in [2.24, 2.45) is 0 Å². The summed E-state index contributed by atoms with van der Waals surface area (Å²) in [4.78, 5) is 0.719. The van der Waals surface area contributed by atoms with Gasteiger partial charge in [0.25, 0.3) is 0 Å². The second kappa shape index (κ2) is 5.72. The van der Waals surface area contributed by atoms with Crippen LogP contribution >= 0.6 is 11.8 Å². The molecule has 0 fully saturated rings. The first-order valence-electron chi connectivity index (χ1n) is 5.36. The summed E-state index contributed by atoms with van der Waals surface area (Å²) < 4.78 is 31.9. The minimum atomic E-state index is -1.07. The normalized spacial score (nSPS) is 10.0. The summed E-state index contributed by atoms with van der Waals surface area (Å²) in [6.45, 7) is 0. The van der Waals surface area contributed by atoms with Gasteiger partial charge in [-0.2, -0.15) is 9.65 Å². The van der Waals surface area contributed by atoms with Crippen molar-refractivity contribution in [1.82, 2.24) is 0 Å². The molecular weight excluding hydrogens is 268 g/mol. The van der Waals surface area contributed by atoms with Crippen molar-refractivity contribution in [2.75, 3.05) is 6.26 Å². The summed E-state index contributed by atoms with van der Waals surface area (Å²) >= 11 is 1.38. The van der Waals surface area contributed by atoms with E-state index >= 15 is 0 Å². The van der Waals surface area contributed by atoms with E-state index < -0.39 is 11.6 Å². The predicted molar refractivity (Wildman–Crippen MR) is 69.4 cm³/mol. The molecule has 0 spiro atoms. The zero-order valence-corrected chi connectivity index (χ0v) is 10.8. The predicted octanol–water partition coefficient (Wildman–Crippen LogP) is 4.35. The Morgan fingerprint density at radius 2 is 1.79 bits per heavy atom. The van der Waals surface area contributed by atoms with Crippen LogP contribution in [0.5, 0.6) is 11.5 Å². The highest BCUT2D eigenvalue weighted by atomic mass is 32.2. The second-order valence-corrected chi connectivity index (χ2v) is 4.45. The Morgan fingerprint density at radius 3 is 2.47 bits per heavy atom. The number of hydrogen-bond donors (Lipinski definition) is 0. The summed E-state index contributed by atoms with van der Waals surface area (Å²) in [7, 11) is 0. The number of hydrogen-bond acceptors (Lipinski definition) is 3. The van der Waals surface area contributed by atoms with Crippen LogP contribution in [0.25, 0.3) is 0 Å². The number of ether oxygens (including phenoxy) is 1. The van der Waals surface area contributed by atoms with Crippen LogP contribution < -0.4 is 4.74 Å². The first kappa shape index (κ1) is 13.4. The lowest BCUT2D eigenvalue weighted by atomic mass is 10.2. The lowest BCUT2D eigenvalue weighted by Crippen LogP contribution is -1.94. The molecule has 2 rings (SSSR count). The third kappa shape index (κ3) is 2.69. The minimum Gasteiger partial charge on any atom is -0.453 e. The first-order valence-corrected chi connectivity index (χ1v) is 6.58. The van der Waals surface area contributed by atoms with E-state index in [1.165, 1.54) is 23.9 Å². The molecule has 0 atom stereocenters. The summed E-state index contributed by atoms with van der Waals surface area (Å²) in [5, 5.41) is 9.12. The summed E-state index contributed by atoms with van der Waals surface area (Å²) in [5.74, 6) is -2.09. The molecule has 0 unspecified atom stereocenters. The van der Waals surface area contributed by atoms with Crippen molar-refractivity contribution in [2.45, 2.75) is 4.90 Å². The molecule has 0 heterocycles. The Bertz CT molecular complexity index is 652. The molecule has 0 bridgehead atoms. The van der Waals surface area contributed by atoms with Gasteiger partial charge in [-0.15, -0.1) is 11.8 Å². The van der Waals surface area contributed by atoms with Gasteiger partial charge in [-0.3, -0.25) is 0 Å². The Hall–Kier alpha value is -2.06. The molecule has 0 aliphatic carbocycles. The van der Waals surface area contributed by atoms with Gasteiger partial charge in [0.15, 0.2) is 11.6 Å². The van der Waals surface area contributed by atoms with Crippen LogP contribution in [-0.2, 0) is 0 Å². The molecule has 2 aromatic rings. The SMILES string of the molecule is CSc1cccc(Oc2cccc(F)c2F)c1C#N. The number of benzene rings is 2. The van der Waals surface area contributed by atoms with Gasteiger partial charge in [0.2, 0.25) is 5.82 Å². The van der Waals surface area contributed by atoms with Crippen LogP contribution in [-0.4, -0.2) is 6.26 Å². The Morgan fingerprint density at radius 1 is 1.11 bits per heavy atom. The van der Waals surface area contributed by atoms with Crippen LogP contribution in [0.4, 0.5) is 8.78 Å². The topological polar surface area (TPSA) is 33.0 Å². The van der Waals surface area contributed by atoms with E-state index in [1.807, 2.05) is 12.3 Å². The molecule has 2 aromatic carbocycles.